The summed E-state index contributed by atoms with van der Waals surface area (Å²) < 4.78 is 27.3. The molecular weight excluding hydrogens is 364 g/mol. The van der Waals surface area contributed by atoms with Crippen molar-refractivity contribution in [1.82, 2.24) is 19.0 Å². The van der Waals surface area contributed by atoms with Gasteiger partial charge in [0.05, 0.1) is 17.9 Å². The normalized spacial score (nSPS) is 16.0. The van der Waals surface area contributed by atoms with Crippen LogP contribution < -0.4 is 0 Å². The van der Waals surface area contributed by atoms with Crippen LogP contribution in [0.1, 0.15) is 25.3 Å². The summed E-state index contributed by atoms with van der Waals surface area (Å²) in [5.74, 6) is 0.193. The molecule has 1 amide bonds. The molecule has 1 aliphatic heterocycles. The fourth-order valence-electron chi connectivity index (χ4n) is 3.38. The van der Waals surface area contributed by atoms with Crippen molar-refractivity contribution in [2.75, 3.05) is 25.9 Å². The molecular formula is C19H26N4O3S. The predicted octanol–water partition coefficient (Wildman–Crippen LogP) is 1.69. The van der Waals surface area contributed by atoms with Crippen molar-refractivity contribution in [3.05, 3.63) is 48.3 Å². The topological polar surface area (TPSA) is 75.5 Å². The number of sulfonamides is 1. The second-order valence-corrected chi connectivity index (χ2v) is 9.14. The number of benzene rings is 1. The Morgan fingerprint density at radius 3 is 2.44 bits per heavy atom. The van der Waals surface area contributed by atoms with Crippen LogP contribution in [0.5, 0.6) is 0 Å². The summed E-state index contributed by atoms with van der Waals surface area (Å²) >= 11 is 0. The summed E-state index contributed by atoms with van der Waals surface area (Å²) in [5, 5.41) is 4.19. The van der Waals surface area contributed by atoms with E-state index >= 15 is 0 Å². The lowest BCUT2D eigenvalue weighted by Gasteiger charge is -2.36. The van der Waals surface area contributed by atoms with Crippen LogP contribution in [0.3, 0.4) is 0 Å². The lowest BCUT2D eigenvalue weighted by molar-refractivity contribution is -0.131. The van der Waals surface area contributed by atoms with E-state index in [1.165, 1.54) is 4.31 Å². The van der Waals surface area contributed by atoms with Crippen LogP contribution in [0, 0.1) is 0 Å². The zero-order valence-corrected chi connectivity index (χ0v) is 16.6. The fraction of sp³-hybridized carbons (Fsp3) is 0.474. The van der Waals surface area contributed by atoms with Crippen LogP contribution in [-0.4, -0.2) is 65.2 Å². The molecule has 1 aromatic heterocycles. The first kappa shape index (κ1) is 19.6. The third kappa shape index (κ3) is 4.56. The molecule has 1 aliphatic rings. The van der Waals surface area contributed by atoms with Crippen LogP contribution in [0.4, 0.5) is 0 Å². The lowest BCUT2D eigenvalue weighted by atomic mass is 10.0. The number of nitrogens with zero attached hydrogens (tertiary/aromatic N) is 4. The van der Waals surface area contributed by atoms with E-state index in [1.54, 1.807) is 24.9 Å². The van der Waals surface area contributed by atoms with Crippen LogP contribution in [0.25, 0.3) is 5.69 Å². The predicted molar refractivity (Wildman–Crippen MR) is 104 cm³/mol. The molecule has 0 radical (unpaired) electrons. The molecule has 1 saturated heterocycles. The average Bonchev–Trinajstić information content (AvgIpc) is 3.23. The minimum Gasteiger partial charge on any atom is -0.342 e. The summed E-state index contributed by atoms with van der Waals surface area (Å²) in [5.41, 5.74) is 1.92. The highest BCUT2D eigenvalue weighted by atomic mass is 32.2. The van der Waals surface area contributed by atoms with Crippen molar-refractivity contribution in [1.29, 1.82) is 0 Å². The number of hydrogen-bond donors (Lipinski definition) is 0. The lowest BCUT2D eigenvalue weighted by Crippen LogP contribution is -2.47. The van der Waals surface area contributed by atoms with E-state index in [4.69, 9.17) is 0 Å². The maximum Gasteiger partial charge on any atom is 0.226 e. The van der Waals surface area contributed by atoms with Gasteiger partial charge in [-0.1, -0.05) is 12.1 Å². The Labute approximate surface area is 160 Å². The summed E-state index contributed by atoms with van der Waals surface area (Å²) in [6.45, 7) is 2.85. The van der Waals surface area contributed by atoms with E-state index in [0.717, 1.165) is 11.3 Å². The number of rotatable bonds is 6. The average molecular weight is 391 g/mol. The first-order chi connectivity index (χ1) is 12.9. The van der Waals surface area contributed by atoms with Gasteiger partial charge in [0.2, 0.25) is 15.9 Å². The third-order valence-corrected chi connectivity index (χ3v) is 7.10. The maximum absolute atomic E-state index is 12.6. The molecule has 0 spiro atoms. The maximum atomic E-state index is 12.6. The van der Waals surface area contributed by atoms with Crippen LogP contribution >= 0.6 is 0 Å². The van der Waals surface area contributed by atoms with E-state index in [9.17, 15) is 13.2 Å². The molecule has 1 aromatic carbocycles. The molecule has 0 saturated carbocycles. The largest absolute Gasteiger partial charge is 0.342 e. The van der Waals surface area contributed by atoms with Gasteiger partial charge < -0.3 is 4.90 Å². The van der Waals surface area contributed by atoms with Crippen molar-refractivity contribution in [2.24, 2.45) is 0 Å². The molecule has 0 aliphatic carbocycles. The summed E-state index contributed by atoms with van der Waals surface area (Å²) in [7, 11) is -1.54. The van der Waals surface area contributed by atoms with Gasteiger partial charge in [-0.15, -0.1) is 0 Å². The standard InChI is InChI=1S/C19H26N4O3S/c1-3-27(25,26)21(2)17-9-13-22(14-10-17)19(24)15-16-5-7-18(8-6-16)23-12-4-11-20-23/h4-8,11-12,17H,3,9-10,13-15H2,1-2H3. The number of aromatic nitrogens is 2. The fourth-order valence-corrected chi connectivity index (χ4v) is 4.46. The van der Waals surface area contributed by atoms with Crippen LogP contribution in [0.15, 0.2) is 42.7 Å². The Hall–Kier alpha value is -2.19. The SMILES string of the molecule is CCS(=O)(=O)N(C)C1CCN(C(=O)Cc2ccc(-n3cccn3)cc2)CC1. The van der Waals surface area contributed by atoms with Crippen molar-refractivity contribution in [3.8, 4) is 5.69 Å². The van der Waals surface area contributed by atoms with Gasteiger partial charge in [0, 0.05) is 38.6 Å². The zero-order valence-electron chi connectivity index (χ0n) is 15.8. The highest BCUT2D eigenvalue weighted by Crippen LogP contribution is 2.19. The molecule has 2 heterocycles. The van der Waals surface area contributed by atoms with Crippen molar-refractivity contribution in [2.45, 2.75) is 32.2 Å². The first-order valence-corrected chi connectivity index (χ1v) is 10.8. The van der Waals surface area contributed by atoms with Gasteiger partial charge in [0.15, 0.2) is 0 Å². The van der Waals surface area contributed by atoms with Crippen molar-refractivity contribution in [3.63, 3.8) is 0 Å². The highest BCUT2D eigenvalue weighted by Gasteiger charge is 2.30. The smallest absolute Gasteiger partial charge is 0.226 e. The summed E-state index contributed by atoms with van der Waals surface area (Å²) in [4.78, 5) is 14.4. The first-order valence-electron chi connectivity index (χ1n) is 9.23. The minimum absolute atomic E-state index is 0.0210. The Kier molecular flexibility index (Phi) is 5.96. The number of hydrogen-bond acceptors (Lipinski definition) is 4. The number of carbonyl (C=O) groups excluding carboxylic acids is 1. The van der Waals surface area contributed by atoms with Gasteiger partial charge in [-0.3, -0.25) is 4.79 Å². The van der Waals surface area contributed by atoms with Gasteiger partial charge in [-0.05, 0) is 43.5 Å². The summed E-state index contributed by atoms with van der Waals surface area (Å²) in [6.07, 6.45) is 5.32. The van der Waals surface area contributed by atoms with Gasteiger partial charge >= 0.3 is 0 Å². The molecule has 0 atom stereocenters. The van der Waals surface area contributed by atoms with Gasteiger partial charge in [0.25, 0.3) is 0 Å². The van der Waals surface area contributed by atoms with E-state index in [0.29, 0.717) is 32.4 Å². The van der Waals surface area contributed by atoms with E-state index in [2.05, 4.69) is 5.10 Å². The molecule has 146 valence electrons. The van der Waals surface area contributed by atoms with E-state index in [-0.39, 0.29) is 17.7 Å². The van der Waals surface area contributed by atoms with Crippen molar-refractivity contribution >= 4 is 15.9 Å². The number of piperidine rings is 1. The monoisotopic (exact) mass is 390 g/mol. The molecule has 0 unspecified atom stereocenters. The second kappa shape index (κ2) is 8.22. The Balaban J connectivity index is 1.54. The quantitative estimate of drug-likeness (QED) is 0.752. The van der Waals surface area contributed by atoms with Crippen LogP contribution in [0.2, 0.25) is 0 Å². The molecule has 2 aromatic rings. The second-order valence-electron chi connectivity index (χ2n) is 6.82. The third-order valence-electron chi connectivity index (χ3n) is 5.20. The Morgan fingerprint density at radius 1 is 1.22 bits per heavy atom. The highest BCUT2D eigenvalue weighted by molar-refractivity contribution is 7.89. The molecule has 1 fully saturated rings. The molecule has 0 N–H and O–H groups in total. The van der Waals surface area contributed by atoms with Gasteiger partial charge in [0.1, 0.15) is 0 Å². The Morgan fingerprint density at radius 2 is 1.89 bits per heavy atom. The number of carbonyl (C=O) groups is 1. The molecule has 3 rings (SSSR count). The molecule has 8 heteroatoms. The zero-order chi connectivity index (χ0) is 19.4. The van der Waals surface area contributed by atoms with Gasteiger partial charge in [-0.2, -0.15) is 5.10 Å². The summed E-state index contributed by atoms with van der Waals surface area (Å²) in [6, 6.07) is 9.64. The van der Waals surface area contributed by atoms with Crippen molar-refractivity contribution < 1.29 is 13.2 Å². The number of likely N-dealkylation sites (tertiary alicyclic amines) is 1. The van der Waals surface area contributed by atoms with E-state index in [1.807, 2.05) is 41.4 Å². The van der Waals surface area contributed by atoms with E-state index < -0.39 is 10.0 Å². The molecule has 27 heavy (non-hydrogen) atoms. The molecule has 7 nitrogen and oxygen atoms in total. The number of amides is 1. The molecule has 0 bridgehead atoms. The van der Waals surface area contributed by atoms with Gasteiger partial charge in [-0.25, -0.2) is 17.4 Å². The minimum atomic E-state index is -3.18. The van der Waals surface area contributed by atoms with Crippen LogP contribution in [-0.2, 0) is 21.2 Å². The Bertz CT molecular complexity index is 855.